The molecule has 0 saturated carbocycles. The molecule has 1 amide bonds. The first-order valence-electron chi connectivity index (χ1n) is 8.39. The molecule has 0 spiro atoms. The van der Waals surface area contributed by atoms with Crippen LogP contribution in [0.3, 0.4) is 0 Å². The Labute approximate surface area is 144 Å². The maximum atomic E-state index is 12.8. The lowest BCUT2D eigenvalue weighted by Gasteiger charge is -2.42. The van der Waals surface area contributed by atoms with E-state index in [0.29, 0.717) is 5.56 Å². The Hall–Kier alpha value is -1.44. The summed E-state index contributed by atoms with van der Waals surface area (Å²) in [7, 11) is 0.400. The lowest BCUT2D eigenvalue weighted by atomic mass is 10.1. The van der Waals surface area contributed by atoms with Crippen LogP contribution in [0.2, 0.25) is 0 Å². The number of benzene rings is 1. The number of sulfonamides is 1. The molecule has 6 nitrogen and oxygen atoms in total. The van der Waals surface area contributed by atoms with Crippen molar-refractivity contribution in [1.82, 2.24) is 14.1 Å². The van der Waals surface area contributed by atoms with E-state index >= 15 is 0 Å². The Balaban J connectivity index is 1.59. The van der Waals surface area contributed by atoms with Crippen molar-refractivity contribution >= 4 is 15.9 Å². The van der Waals surface area contributed by atoms with Crippen LogP contribution in [0.25, 0.3) is 0 Å². The maximum absolute atomic E-state index is 12.8. The number of hydrogen-bond acceptors (Lipinski definition) is 4. The topological polar surface area (TPSA) is 60.9 Å². The molecule has 0 N–H and O–H groups in total. The van der Waals surface area contributed by atoms with Gasteiger partial charge in [0.25, 0.3) is 5.91 Å². The van der Waals surface area contributed by atoms with Crippen LogP contribution in [0.1, 0.15) is 23.2 Å². The number of amides is 1. The van der Waals surface area contributed by atoms with E-state index in [2.05, 4.69) is 11.9 Å². The Morgan fingerprint density at radius 1 is 1.12 bits per heavy atom. The lowest BCUT2D eigenvalue weighted by Crippen LogP contribution is -2.61. The van der Waals surface area contributed by atoms with Crippen LogP contribution in [0.5, 0.6) is 0 Å². The molecule has 1 aromatic carbocycles. The molecular weight excluding hydrogens is 326 g/mol. The van der Waals surface area contributed by atoms with Crippen LogP contribution in [-0.4, -0.2) is 80.0 Å². The molecular formula is C17H25N3O3S. The molecule has 132 valence electrons. The number of nitrogens with zero attached hydrogens (tertiary/aromatic N) is 3. The van der Waals surface area contributed by atoms with Gasteiger partial charge < -0.3 is 9.80 Å². The largest absolute Gasteiger partial charge is 0.336 e. The highest BCUT2D eigenvalue weighted by atomic mass is 32.2. The minimum atomic E-state index is -3.35. The van der Waals surface area contributed by atoms with Crippen molar-refractivity contribution in [3.8, 4) is 0 Å². The Bertz CT molecular complexity index is 678. The van der Waals surface area contributed by atoms with Crippen LogP contribution in [-0.2, 0) is 10.0 Å². The second kappa shape index (κ2) is 6.82. The van der Waals surface area contributed by atoms with Gasteiger partial charge in [-0.25, -0.2) is 12.7 Å². The molecule has 1 aromatic rings. The zero-order valence-corrected chi connectivity index (χ0v) is 15.1. The molecule has 0 unspecified atom stereocenters. The van der Waals surface area contributed by atoms with Crippen LogP contribution < -0.4 is 0 Å². The van der Waals surface area contributed by atoms with Gasteiger partial charge in [0, 0.05) is 31.7 Å². The van der Waals surface area contributed by atoms with Gasteiger partial charge in [-0.05, 0) is 45.1 Å². The van der Waals surface area contributed by atoms with Crippen molar-refractivity contribution in [3.63, 3.8) is 0 Å². The van der Waals surface area contributed by atoms with Crippen molar-refractivity contribution < 1.29 is 13.2 Å². The van der Waals surface area contributed by atoms with Crippen molar-refractivity contribution in [2.24, 2.45) is 0 Å². The minimum absolute atomic E-state index is 0.0741. The fourth-order valence-electron chi connectivity index (χ4n) is 3.36. The van der Waals surface area contributed by atoms with E-state index in [-0.39, 0.29) is 25.0 Å². The molecule has 2 saturated heterocycles. The molecule has 2 aliphatic rings. The molecule has 0 aliphatic carbocycles. The predicted molar refractivity (Wildman–Crippen MR) is 93.3 cm³/mol. The van der Waals surface area contributed by atoms with Gasteiger partial charge in [0.15, 0.2) is 0 Å². The van der Waals surface area contributed by atoms with Crippen molar-refractivity contribution in [2.75, 3.05) is 40.3 Å². The monoisotopic (exact) mass is 351 g/mol. The molecule has 0 atom stereocenters. The van der Waals surface area contributed by atoms with E-state index in [0.717, 1.165) is 25.9 Å². The summed E-state index contributed by atoms with van der Waals surface area (Å²) in [6.45, 7) is 2.42. The van der Waals surface area contributed by atoms with Crippen molar-refractivity contribution in [1.29, 1.82) is 0 Å². The predicted octanol–water partition coefficient (Wildman–Crippen LogP) is 0.867. The number of carbonyl (C=O) groups is 1. The van der Waals surface area contributed by atoms with Crippen LogP contribution in [0, 0.1) is 0 Å². The molecule has 0 radical (unpaired) electrons. The molecule has 2 heterocycles. The number of rotatable bonds is 4. The van der Waals surface area contributed by atoms with Gasteiger partial charge in [0.2, 0.25) is 10.0 Å². The summed E-state index contributed by atoms with van der Waals surface area (Å²) in [6.07, 6.45) is 1.73. The third-order valence-corrected chi connectivity index (χ3v) is 7.42. The fraction of sp³-hybridized carbons (Fsp3) is 0.588. The molecule has 2 aliphatic heterocycles. The van der Waals surface area contributed by atoms with Gasteiger partial charge in [0.1, 0.15) is 5.25 Å². The molecule has 2 fully saturated rings. The minimum Gasteiger partial charge on any atom is -0.336 e. The summed E-state index contributed by atoms with van der Waals surface area (Å²) in [6, 6.07) is 9.08. The van der Waals surface area contributed by atoms with Crippen LogP contribution >= 0.6 is 0 Å². The van der Waals surface area contributed by atoms with E-state index < -0.39 is 15.3 Å². The second-order valence-electron chi connectivity index (χ2n) is 6.79. The Morgan fingerprint density at radius 2 is 1.71 bits per heavy atom. The van der Waals surface area contributed by atoms with Gasteiger partial charge >= 0.3 is 0 Å². The summed E-state index contributed by atoms with van der Waals surface area (Å²) in [4.78, 5) is 16.2. The summed E-state index contributed by atoms with van der Waals surface area (Å²) < 4.78 is 27.1. The number of carbonyl (C=O) groups excluding carboxylic acids is 1. The molecule has 3 rings (SSSR count). The van der Waals surface area contributed by atoms with E-state index in [1.165, 1.54) is 0 Å². The zero-order valence-electron chi connectivity index (χ0n) is 14.3. The van der Waals surface area contributed by atoms with E-state index in [1.54, 1.807) is 28.4 Å². The quantitative estimate of drug-likeness (QED) is 0.807. The maximum Gasteiger partial charge on any atom is 0.253 e. The second-order valence-corrected chi connectivity index (χ2v) is 9.07. The Kier molecular flexibility index (Phi) is 4.94. The molecule has 24 heavy (non-hydrogen) atoms. The normalized spacial score (nSPS) is 21.0. The van der Waals surface area contributed by atoms with Crippen molar-refractivity contribution in [2.45, 2.75) is 24.1 Å². The highest BCUT2D eigenvalue weighted by molar-refractivity contribution is 7.89. The average molecular weight is 351 g/mol. The first kappa shape index (κ1) is 17.4. The lowest BCUT2D eigenvalue weighted by molar-refractivity contribution is 0.0653. The van der Waals surface area contributed by atoms with Gasteiger partial charge in [0.05, 0.1) is 0 Å². The first-order valence-corrected chi connectivity index (χ1v) is 9.89. The summed E-state index contributed by atoms with van der Waals surface area (Å²) in [5.41, 5.74) is 0.608. The van der Waals surface area contributed by atoms with E-state index in [1.807, 2.05) is 18.2 Å². The molecule has 7 heteroatoms. The molecule has 0 aromatic heterocycles. The third kappa shape index (κ3) is 3.34. The summed E-state index contributed by atoms with van der Waals surface area (Å²) in [5, 5.41) is -0.477. The van der Waals surface area contributed by atoms with Gasteiger partial charge in [-0.3, -0.25) is 4.79 Å². The van der Waals surface area contributed by atoms with Gasteiger partial charge in [-0.2, -0.15) is 0 Å². The molecule has 0 bridgehead atoms. The van der Waals surface area contributed by atoms with Gasteiger partial charge in [-0.1, -0.05) is 18.2 Å². The summed E-state index contributed by atoms with van der Waals surface area (Å²) >= 11 is 0. The standard InChI is InChI=1S/C17H25N3O3S/c1-18-10-8-15(9-11-18)19(2)24(22,23)16-12-20(13-16)17(21)14-6-4-3-5-7-14/h3-7,15-16H,8-13H2,1-2H3. The highest BCUT2D eigenvalue weighted by Gasteiger charge is 2.43. The number of piperidine rings is 1. The first-order chi connectivity index (χ1) is 11.4. The van der Waals surface area contributed by atoms with Crippen molar-refractivity contribution in [3.05, 3.63) is 35.9 Å². The zero-order chi connectivity index (χ0) is 17.3. The van der Waals surface area contributed by atoms with Crippen LogP contribution in [0.15, 0.2) is 30.3 Å². The Morgan fingerprint density at radius 3 is 2.29 bits per heavy atom. The number of likely N-dealkylation sites (tertiary alicyclic amines) is 2. The van der Waals surface area contributed by atoms with E-state index in [9.17, 15) is 13.2 Å². The fourth-order valence-corrected chi connectivity index (χ4v) is 5.19. The summed E-state index contributed by atoms with van der Waals surface area (Å²) in [5.74, 6) is -0.0935. The SMILES string of the molecule is CN1CCC(N(C)S(=O)(=O)C2CN(C(=O)c3ccccc3)C2)CC1. The third-order valence-electron chi connectivity index (χ3n) is 5.18. The number of hydrogen-bond donors (Lipinski definition) is 0. The van der Waals surface area contributed by atoms with E-state index in [4.69, 9.17) is 0 Å². The highest BCUT2D eigenvalue weighted by Crippen LogP contribution is 2.25. The van der Waals surface area contributed by atoms with Crippen LogP contribution in [0.4, 0.5) is 0 Å². The van der Waals surface area contributed by atoms with Gasteiger partial charge in [-0.15, -0.1) is 0 Å². The average Bonchev–Trinajstić information content (AvgIpc) is 2.54. The smallest absolute Gasteiger partial charge is 0.253 e.